The van der Waals surface area contributed by atoms with Gasteiger partial charge in [0.25, 0.3) is 0 Å². The molecule has 0 saturated heterocycles. The van der Waals surface area contributed by atoms with E-state index in [0.29, 0.717) is 24.1 Å². The summed E-state index contributed by atoms with van der Waals surface area (Å²) in [6.07, 6.45) is 0.520. The van der Waals surface area contributed by atoms with Crippen molar-refractivity contribution in [1.82, 2.24) is 5.32 Å². The highest BCUT2D eigenvalue weighted by molar-refractivity contribution is 5.78. The molecule has 6 heteroatoms. The minimum absolute atomic E-state index is 0.0451. The highest BCUT2D eigenvalue weighted by Crippen LogP contribution is 2.15. The highest BCUT2D eigenvalue weighted by Gasteiger charge is 2.07. The van der Waals surface area contributed by atoms with Gasteiger partial charge < -0.3 is 10.1 Å². The summed E-state index contributed by atoms with van der Waals surface area (Å²) in [7, 11) is 0. The molecule has 2 aromatic carbocycles. The lowest BCUT2D eigenvalue weighted by Crippen LogP contribution is -2.27. The van der Waals surface area contributed by atoms with Gasteiger partial charge in [0.2, 0.25) is 5.91 Å². The molecule has 23 heavy (non-hydrogen) atoms. The van der Waals surface area contributed by atoms with Crippen LogP contribution in [0.2, 0.25) is 0 Å². The Hall–Kier alpha value is -2.50. The summed E-state index contributed by atoms with van der Waals surface area (Å²) in [6, 6.07) is 12.3. The summed E-state index contributed by atoms with van der Waals surface area (Å²) in [4.78, 5) is 11.8. The van der Waals surface area contributed by atoms with Crippen LogP contribution in [0.4, 0.5) is 13.2 Å². The molecule has 2 rings (SSSR count). The number of amides is 1. The van der Waals surface area contributed by atoms with Crippen LogP contribution < -0.4 is 10.1 Å². The predicted molar refractivity (Wildman–Crippen MR) is 79.9 cm³/mol. The third-order valence-electron chi connectivity index (χ3n) is 3.19. The lowest BCUT2D eigenvalue weighted by molar-refractivity contribution is -0.120. The molecule has 0 fully saturated rings. The zero-order valence-electron chi connectivity index (χ0n) is 12.3. The molecule has 0 unspecified atom stereocenters. The van der Waals surface area contributed by atoms with Crippen LogP contribution in [0.3, 0.4) is 0 Å². The molecule has 0 radical (unpaired) electrons. The van der Waals surface area contributed by atoms with Gasteiger partial charge in [0.05, 0.1) is 6.42 Å². The molecule has 0 spiro atoms. The number of halogens is 3. The minimum atomic E-state index is -2.87. The van der Waals surface area contributed by atoms with Crippen LogP contribution in [0.25, 0.3) is 0 Å². The number of rotatable bonds is 7. The summed E-state index contributed by atoms with van der Waals surface area (Å²) in [5.74, 6) is -0.469. The van der Waals surface area contributed by atoms with Gasteiger partial charge >= 0.3 is 6.61 Å². The van der Waals surface area contributed by atoms with E-state index in [1.54, 1.807) is 30.3 Å². The summed E-state index contributed by atoms with van der Waals surface area (Å²) in [5.41, 5.74) is 1.22. The van der Waals surface area contributed by atoms with E-state index < -0.39 is 6.61 Å². The second-order valence-electron chi connectivity index (χ2n) is 4.89. The third kappa shape index (κ3) is 5.65. The van der Waals surface area contributed by atoms with E-state index in [1.807, 2.05) is 0 Å². The Balaban J connectivity index is 1.77. The molecule has 0 aliphatic carbocycles. The van der Waals surface area contributed by atoms with Gasteiger partial charge in [-0.2, -0.15) is 8.78 Å². The fraction of sp³-hybridized carbons (Fsp3) is 0.235. The van der Waals surface area contributed by atoms with Crippen molar-refractivity contribution in [2.45, 2.75) is 19.5 Å². The van der Waals surface area contributed by atoms with Crippen LogP contribution in [-0.2, 0) is 17.6 Å². The van der Waals surface area contributed by atoms with Crippen LogP contribution in [0.1, 0.15) is 11.1 Å². The van der Waals surface area contributed by atoms with E-state index >= 15 is 0 Å². The smallest absolute Gasteiger partial charge is 0.387 e. The molecule has 2 aromatic rings. The van der Waals surface area contributed by atoms with Crippen molar-refractivity contribution in [2.75, 3.05) is 6.54 Å². The molecule has 3 nitrogen and oxygen atoms in total. The maximum Gasteiger partial charge on any atom is 0.387 e. The maximum absolute atomic E-state index is 13.4. The Morgan fingerprint density at radius 2 is 1.78 bits per heavy atom. The molecule has 0 bridgehead atoms. The van der Waals surface area contributed by atoms with Crippen LogP contribution in [0.5, 0.6) is 5.75 Å². The molecule has 1 N–H and O–H groups in total. The van der Waals surface area contributed by atoms with Crippen molar-refractivity contribution >= 4 is 5.91 Å². The van der Waals surface area contributed by atoms with Crippen molar-refractivity contribution in [3.05, 3.63) is 65.5 Å². The zero-order valence-corrected chi connectivity index (χ0v) is 12.3. The van der Waals surface area contributed by atoms with E-state index in [2.05, 4.69) is 10.1 Å². The Labute approximate surface area is 132 Å². The Kier molecular flexibility index (Phi) is 6.02. The van der Waals surface area contributed by atoms with Gasteiger partial charge in [0.15, 0.2) is 0 Å². The highest BCUT2D eigenvalue weighted by atomic mass is 19.3. The first-order valence-electron chi connectivity index (χ1n) is 7.08. The van der Waals surface area contributed by atoms with Gasteiger partial charge in [-0.25, -0.2) is 4.39 Å². The van der Waals surface area contributed by atoms with Crippen LogP contribution in [-0.4, -0.2) is 19.1 Å². The van der Waals surface area contributed by atoms with Crippen molar-refractivity contribution in [1.29, 1.82) is 0 Å². The lowest BCUT2D eigenvalue weighted by Gasteiger charge is -2.07. The van der Waals surface area contributed by atoms with Gasteiger partial charge in [0.1, 0.15) is 11.6 Å². The number of carbonyl (C=O) groups is 1. The largest absolute Gasteiger partial charge is 0.435 e. The molecular formula is C17H16F3NO2. The van der Waals surface area contributed by atoms with E-state index in [-0.39, 0.29) is 23.9 Å². The number of carbonyl (C=O) groups excluding carboxylic acids is 1. The van der Waals surface area contributed by atoms with Crippen LogP contribution >= 0.6 is 0 Å². The van der Waals surface area contributed by atoms with Crippen molar-refractivity contribution in [3.63, 3.8) is 0 Å². The standard InChI is InChI=1S/C17H16F3NO2/c18-15-4-2-1-3-13(15)9-10-21-16(22)11-12-5-7-14(8-6-12)23-17(19)20/h1-8,17H,9-11H2,(H,21,22). The quantitative estimate of drug-likeness (QED) is 0.849. The monoisotopic (exact) mass is 323 g/mol. The summed E-state index contributed by atoms with van der Waals surface area (Å²) < 4.78 is 41.7. The first-order valence-corrected chi connectivity index (χ1v) is 7.08. The average Bonchev–Trinajstić information content (AvgIpc) is 2.51. The zero-order chi connectivity index (χ0) is 16.7. The van der Waals surface area contributed by atoms with Crippen LogP contribution in [0.15, 0.2) is 48.5 Å². The number of ether oxygens (including phenoxy) is 1. The molecule has 0 aliphatic rings. The molecule has 0 heterocycles. The summed E-state index contributed by atoms with van der Waals surface area (Å²) >= 11 is 0. The Morgan fingerprint density at radius 3 is 2.43 bits per heavy atom. The fourth-order valence-electron chi connectivity index (χ4n) is 2.07. The van der Waals surface area contributed by atoms with E-state index in [0.717, 1.165) is 0 Å². The Bertz CT molecular complexity index is 645. The Morgan fingerprint density at radius 1 is 1.09 bits per heavy atom. The molecule has 0 aliphatic heterocycles. The number of nitrogens with one attached hydrogen (secondary N) is 1. The number of hydrogen-bond donors (Lipinski definition) is 1. The number of benzene rings is 2. The van der Waals surface area contributed by atoms with Gasteiger partial charge in [-0.15, -0.1) is 0 Å². The van der Waals surface area contributed by atoms with Gasteiger partial charge in [0, 0.05) is 6.54 Å². The van der Waals surface area contributed by atoms with Crippen molar-refractivity contribution in [3.8, 4) is 5.75 Å². The van der Waals surface area contributed by atoms with E-state index in [9.17, 15) is 18.0 Å². The summed E-state index contributed by atoms with van der Waals surface area (Å²) in [6.45, 7) is -2.55. The molecule has 0 saturated carbocycles. The molecular weight excluding hydrogens is 307 g/mol. The summed E-state index contributed by atoms with van der Waals surface area (Å²) in [5, 5.41) is 2.70. The van der Waals surface area contributed by atoms with Gasteiger partial charge in [-0.3, -0.25) is 4.79 Å². The fourth-order valence-corrected chi connectivity index (χ4v) is 2.07. The number of hydrogen-bond acceptors (Lipinski definition) is 2. The minimum Gasteiger partial charge on any atom is -0.435 e. The van der Waals surface area contributed by atoms with E-state index in [4.69, 9.17) is 0 Å². The normalized spacial score (nSPS) is 10.6. The van der Waals surface area contributed by atoms with E-state index in [1.165, 1.54) is 18.2 Å². The topological polar surface area (TPSA) is 38.3 Å². The van der Waals surface area contributed by atoms with Crippen LogP contribution in [0, 0.1) is 5.82 Å². The SMILES string of the molecule is O=C(Cc1ccc(OC(F)F)cc1)NCCc1ccccc1F. The van der Waals surface area contributed by atoms with Gasteiger partial charge in [-0.1, -0.05) is 30.3 Å². The number of alkyl halides is 2. The maximum atomic E-state index is 13.4. The second kappa shape index (κ2) is 8.22. The van der Waals surface area contributed by atoms with Crippen molar-refractivity contribution in [2.24, 2.45) is 0 Å². The molecule has 1 amide bonds. The average molecular weight is 323 g/mol. The van der Waals surface area contributed by atoms with Gasteiger partial charge in [-0.05, 0) is 35.7 Å². The predicted octanol–water partition coefficient (Wildman–Crippen LogP) is 3.33. The second-order valence-corrected chi connectivity index (χ2v) is 4.89. The molecule has 0 aromatic heterocycles. The third-order valence-corrected chi connectivity index (χ3v) is 3.19. The lowest BCUT2D eigenvalue weighted by atomic mass is 10.1. The molecule has 122 valence electrons. The van der Waals surface area contributed by atoms with Crippen molar-refractivity contribution < 1.29 is 22.7 Å². The molecule has 0 atom stereocenters. The first kappa shape index (κ1) is 16.9. The first-order chi connectivity index (χ1) is 11.0.